The van der Waals surface area contributed by atoms with E-state index in [1.54, 1.807) is 7.05 Å². The summed E-state index contributed by atoms with van der Waals surface area (Å²) in [5.74, 6) is 2.85. The number of fused-ring (bicyclic) bond motifs is 3. The van der Waals surface area contributed by atoms with E-state index in [9.17, 15) is 13.2 Å². The Morgan fingerprint density at radius 2 is 1.93 bits per heavy atom. The molecule has 27 heavy (non-hydrogen) atoms. The van der Waals surface area contributed by atoms with Crippen molar-refractivity contribution in [2.24, 2.45) is 16.8 Å². The van der Waals surface area contributed by atoms with Crippen molar-refractivity contribution < 1.29 is 13.2 Å². The first-order valence-corrected chi connectivity index (χ1v) is 9.74. The first-order valence-electron chi connectivity index (χ1n) is 9.74. The van der Waals surface area contributed by atoms with Crippen molar-refractivity contribution in [3.8, 4) is 0 Å². The van der Waals surface area contributed by atoms with Gasteiger partial charge in [0.05, 0.1) is 0 Å². The quantitative estimate of drug-likeness (QED) is 0.646. The zero-order valence-corrected chi connectivity index (χ0v) is 15.8. The highest BCUT2D eigenvalue weighted by Gasteiger charge is 2.55. The van der Waals surface area contributed by atoms with Crippen molar-refractivity contribution in [2.75, 3.05) is 39.8 Å². The second kappa shape index (κ2) is 7.00. The number of nitrogens with zero attached hydrogens (tertiary/aromatic N) is 3. The molecule has 1 N–H and O–H groups in total. The molecule has 1 aromatic carbocycles. The van der Waals surface area contributed by atoms with Crippen LogP contribution in [0.2, 0.25) is 0 Å². The molecule has 1 heterocycles. The summed E-state index contributed by atoms with van der Waals surface area (Å²) in [4.78, 5) is 7.94. The highest BCUT2D eigenvalue weighted by molar-refractivity contribution is 5.80. The van der Waals surface area contributed by atoms with Gasteiger partial charge in [0.2, 0.25) is 0 Å². The minimum atomic E-state index is -4.16. The van der Waals surface area contributed by atoms with Gasteiger partial charge in [-0.2, -0.15) is 13.2 Å². The first kappa shape index (κ1) is 18.6. The molecule has 0 radical (unpaired) electrons. The Balaban J connectivity index is 1.27. The molecule has 2 aliphatic carbocycles. The molecule has 3 aliphatic rings. The summed E-state index contributed by atoms with van der Waals surface area (Å²) >= 11 is 0. The second-order valence-electron chi connectivity index (χ2n) is 7.93. The molecule has 1 aromatic rings. The van der Waals surface area contributed by atoms with Gasteiger partial charge >= 0.3 is 6.18 Å². The Morgan fingerprint density at radius 3 is 2.59 bits per heavy atom. The Morgan fingerprint density at radius 1 is 1.22 bits per heavy atom. The lowest BCUT2D eigenvalue weighted by Gasteiger charge is -2.39. The Hall–Kier alpha value is -1.76. The second-order valence-corrected chi connectivity index (χ2v) is 7.93. The molecular formula is C20H27F3N4. The average molecular weight is 380 g/mol. The number of aliphatic imine (C=N–C) groups is 1. The number of nitrogens with one attached hydrogen (secondary N) is 1. The SMILES string of the molecule is CN=C(NCC1C2Cc3ccccc3C12)N1CCN(C(C)C(F)(F)F)CC1. The topological polar surface area (TPSA) is 30.9 Å². The van der Waals surface area contributed by atoms with Crippen molar-refractivity contribution in [3.05, 3.63) is 35.4 Å². The van der Waals surface area contributed by atoms with E-state index in [-0.39, 0.29) is 0 Å². The minimum Gasteiger partial charge on any atom is -0.356 e. The molecule has 7 heteroatoms. The van der Waals surface area contributed by atoms with Gasteiger partial charge < -0.3 is 10.2 Å². The predicted molar refractivity (Wildman–Crippen MR) is 99.9 cm³/mol. The van der Waals surface area contributed by atoms with Gasteiger partial charge in [0.25, 0.3) is 0 Å². The van der Waals surface area contributed by atoms with E-state index in [0.29, 0.717) is 38.0 Å². The molecule has 1 saturated carbocycles. The summed E-state index contributed by atoms with van der Waals surface area (Å²) in [6, 6.07) is 7.31. The van der Waals surface area contributed by atoms with Gasteiger partial charge in [-0.15, -0.1) is 0 Å². The third-order valence-corrected chi connectivity index (χ3v) is 6.54. The Labute approximate surface area is 158 Å². The monoisotopic (exact) mass is 380 g/mol. The molecule has 4 rings (SSSR count). The van der Waals surface area contributed by atoms with Gasteiger partial charge in [0, 0.05) is 39.8 Å². The lowest BCUT2D eigenvalue weighted by Crippen LogP contribution is -2.56. The number of alkyl halides is 3. The molecule has 4 unspecified atom stereocenters. The zero-order chi connectivity index (χ0) is 19.2. The van der Waals surface area contributed by atoms with E-state index in [2.05, 4.69) is 39.5 Å². The summed E-state index contributed by atoms with van der Waals surface area (Å²) in [5, 5.41) is 3.47. The van der Waals surface area contributed by atoms with Crippen LogP contribution in [0.5, 0.6) is 0 Å². The van der Waals surface area contributed by atoms with Gasteiger partial charge in [-0.05, 0) is 42.2 Å². The van der Waals surface area contributed by atoms with E-state index >= 15 is 0 Å². The Bertz CT molecular complexity index is 709. The van der Waals surface area contributed by atoms with E-state index in [0.717, 1.165) is 18.4 Å². The van der Waals surface area contributed by atoms with Crippen LogP contribution >= 0.6 is 0 Å². The number of hydrogen-bond acceptors (Lipinski definition) is 2. The standard InChI is InChI=1S/C20H27F3N4/c1-13(20(21,22)23)26-7-9-27(10-8-26)19(24-2)25-12-17-16-11-14-5-3-4-6-15(14)18(16)17/h3-6,13,16-18H,7-12H2,1-2H3,(H,24,25). The van der Waals surface area contributed by atoms with Crippen LogP contribution < -0.4 is 5.32 Å². The minimum absolute atomic E-state index is 0.406. The molecule has 4 nitrogen and oxygen atoms in total. The lowest BCUT2D eigenvalue weighted by atomic mass is 10.0. The van der Waals surface area contributed by atoms with Crippen LogP contribution in [-0.4, -0.2) is 67.7 Å². The smallest absolute Gasteiger partial charge is 0.356 e. The number of halogens is 3. The van der Waals surface area contributed by atoms with Gasteiger partial charge in [-0.25, -0.2) is 0 Å². The fraction of sp³-hybridized carbons (Fsp3) is 0.650. The van der Waals surface area contributed by atoms with Crippen LogP contribution in [0.15, 0.2) is 29.3 Å². The first-order chi connectivity index (χ1) is 12.9. The van der Waals surface area contributed by atoms with Gasteiger partial charge in [0.15, 0.2) is 5.96 Å². The van der Waals surface area contributed by atoms with Crippen molar-refractivity contribution in [1.29, 1.82) is 0 Å². The van der Waals surface area contributed by atoms with Crippen LogP contribution in [0.3, 0.4) is 0 Å². The third kappa shape index (κ3) is 3.53. The van der Waals surface area contributed by atoms with Crippen LogP contribution in [0.1, 0.15) is 24.0 Å². The van der Waals surface area contributed by atoms with E-state index in [1.165, 1.54) is 29.4 Å². The van der Waals surface area contributed by atoms with E-state index < -0.39 is 12.2 Å². The van der Waals surface area contributed by atoms with Crippen molar-refractivity contribution >= 4 is 5.96 Å². The molecule has 4 atom stereocenters. The summed E-state index contributed by atoms with van der Waals surface area (Å²) in [5.41, 5.74) is 2.99. The number of guanidine groups is 1. The number of hydrogen-bond donors (Lipinski definition) is 1. The molecule has 0 bridgehead atoms. The molecular weight excluding hydrogens is 353 g/mol. The van der Waals surface area contributed by atoms with Crippen LogP contribution in [0.4, 0.5) is 13.2 Å². The maximum Gasteiger partial charge on any atom is 0.403 e. The van der Waals surface area contributed by atoms with E-state index in [4.69, 9.17) is 0 Å². The number of piperazine rings is 1. The maximum atomic E-state index is 12.9. The molecule has 1 aliphatic heterocycles. The molecule has 148 valence electrons. The zero-order valence-electron chi connectivity index (χ0n) is 15.8. The predicted octanol–water partition coefficient (Wildman–Crippen LogP) is 2.72. The fourth-order valence-corrected chi connectivity index (χ4v) is 4.83. The third-order valence-electron chi connectivity index (χ3n) is 6.54. The largest absolute Gasteiger partial charge is 0.403 e. The fourth-order valence-electron chi connectivity index (χ4n) is 4.83. The summed E-state index contributed by atoms with van der Waals surface area (Å²) in [6.45, 7) is 4.08. The van der Waals surface area contributed by atoms with Crippen molar-refractivity contribution in [1.82, 2.24) is 15.1 Å². The average Bonchev–Trinajstić information content (AvgIpc) is 3.19. The highest BCUT2D eigenvalue weighted by atomic mass is 19.4. The van der Waals surface area contributed by atoms with Gasteiger partial charge in [0.1, 0.15) is 6.04 Å². The lowest BCUT2D eigenvalue weighted by molar-refractivity contribution is -0.181. The normalized spacial score (nSPS) is 29.3. The van der Waals surface area contributed by atoms with Crippen LogP contribution in [-0.2, 0) is 6.42 Å². The van der Waals surface area contributed by atoms with Crippen LogP contribution in [0, 0.1) is 11.8 Å². The van der Waals surface area contributed by atoms with Crippen molar-refractivity contribution in [2.45, 2.75) is 31.5 Å². The van der Waals surface area contributed by atoms with Crippen LogP contribution in [0.25, 0.3) is 0 Å². The number of rotatable bonds is 3. The molecule has 0 spiro atoms. The van der Waals surface area contributed by atoms with Gasteiger partial charge in [-0.3, -0.25) is 9.89 Å². The maximum absolute atomic E-state index is 12.9. The molecule has 1 saturated heterocycles. The highest BCUT2D eigenvalue weighted by Crippen LogP contribution is 2.60. The molecule has 0 aromatic heterocycles. The van der Waals surface area contributed by atoms with Gasteiger partial charge in [-0.1, -0.05) is 24.3 Å². The number of benzene rings is 1. The summed E-state index contributed by atoms with van der Waals surface area (Å²) in [7, 11) is 1.75. The van der Waals surface area contributed by atoms with Crippen molar-refractivity contribution in [3.63, 3.8) is 0 Å². The van der Waals surface area contributed by atoms with E-state index in [1.807, 2.05) is 0 Å². The summed E-state index contributed by atoms with van der Waals surface area (Å²) in [6.07, 6.45) is -3.00. The molecule has 2 fully saturated rings. The summed E-state index contributed by atoms with van der Waals surface area (Å²) < 4.78 is 38.7. The molecule has 0 amide bonds. The Kier molecular flexibility index (Phi) is 4.82.